The van der Waals surface area contributed by atoms with E-state index in [0.717, 1.165) is 4.70 Å². The molecular weight excluding hydrogens is 506 g/mol. The van der Waals surface area contributed by atoms with E-state index >= 15 is 0 Å². The number of methoxy groups -OCH3 is 1. The summed E-state index contributed by atoms with van der Waals surface area (Å²) in [5.41, 5.74) is 1.53. The van der Waals surface area contributed by atoms with Gasteiger partial charge in [-0.15, -0.1) is 0 Å². The largest absolute Gasteiger partial charge is 0.507 e. The van der Waals surface area contributed by atoms with Gasteiger partial charge >= 0.3 is 5.91 Å². The van der Waals surface area contributed by atoms with E-state index in [-0.39, 0.29) is 11.3 Å². The maximum absolute atomic E-state index is 13.5. The van der Waals surface area contributed by atoms with Gasteiger partial charge in [0.05, 0.1) is 42.2 Å². The predicted molar refractivity (Wildman–Crippen MR) is 144 cm³/mol. The van der Waals surface area contributed by atoms with Crippen LogP contribution in [0.1, 0.15) is 31.0 Å². The van der Waals surface area contributed by atoms with Crippen LogP contribution in [0.4, 0.5) is 5.13 Å². The molecule has 1 aliphatic heterocycles. The summed E-state index contributed by atoms with van der Waals surface area (Å²) < 4.78 is 17.6. The minimum atomic E-state index is -0.958. The number of benzene rings is 2. The highest BCUT2D eigenvalue weighted by atomic mass is 32.1. The molecule has 4 aromatic rings. The van der Waals surface area contributed by atoms with Crippen molar-refractivity contribution in [1.82, 2.24) is 9.97 Å². The van der Waals surface area contributed by atoms with Gasteiger partial charge in [0.1, 0.15) is 11.5 Å². The summed E-state index contributed by atoms with van der Waals surface area (Å²) >= 11 is 1.26. The number of anilines is 1. The van der Waals surface area contributed by atoms with Crippen LogP contribution in [0.5, 0.6) is 17.2 Å². The van der Waals surface area contributed by atoms with Crippen LogP contribution in [-0.4, -0.2) is 47.1 Å². The highest BCUT2D eigenvalue weighted by molar-refractivity contribution is 7.22. The zero-order valence-corrected chi connectivity index (χ0v) is 21.8. The highest BCUT2D eigenvalue weighted by Crippen LogP contribution is 2.46. The van der Waals surface area contributed by atoms with Gasteiger partial charge in [-0.25, -0.2) is 4.98 Å². The lowest BCUT2D eigenvalue weighted by molar-refractivity contribution is -0.132. The Bertz CT molecular complexity index is 1550. The molecule has 1 atom stereocenters. The van der Waals surface area contributed by atoms with E-state index in [1.54, 1.807) is 49.6 Å². The number of ether oxygens (including phenoxy) is 3. The molecular formula is C28H25N3O6S. The van der Waals surface area contributed by atoms with Gasteiger partial charge in [0.15, 0.2) is 16.6 Å². The fourth-order valence-corrected chi connectivity index (χ4v) is 5.39. The van der Waals surface area contributed by atoms with Gasteiger partial charge in [0.2, 0.25) is 0 Å². The van der Waals surface area contributed by atoms with Crippen molar-refractivity contribution in [2.75, 3.05) is 25.2 Å². The maximum Gasteiger partial charge on any atom is 0.301 e. The molecule has 5 rings (SSSR count). The van der Waals surface area contributed by atoms with Crippen molar-refractivity contribution in [3.63, 3.8) is 0 Å². The van der Waals surface area contributed by atoms with E-state index in [9.17, 15) is 14.7 Å². The molecule has 3 heterocycles. The number of fused-ring (bicyclic) bond motifs is 1. The molecule has 2 aromatic heterocycles. The van der Waals surface area contributed by atoms with Gasteiger partial charge in [-0.3, -0.25) is 19.5 Å². The SMILES string of the molecule is CCOc1ccc(C2/C(=C(\O)c3ccncc3)C(=O)C(=O)N2c2nc3ccc(OC)cc3s2)cc1OCC. The Hall–Kier alpha value is -4.44. The fourth-order valence-electron chi connectivity index (χ4n) is 4.37. The molecule has 2 aromatic carbocycles. The number of carbonyl (C=O) groups excluding carboxylic acids is 2. The highest BCUT2D eigenvalue weighted by Gasteiger charge is 2.48. The van der Waals surface area contributed by atoms with Crippen LogP contribution < -0.4 is 19.1 Å². The Morgan fingerprint density at radius 2 is 1.74 bits per heavy atom. The number of amides is 1. The first-order chi connectivity index (χ1) is 18.5. The summed E-state index contributed by atoms with van der Waals surface area (Å²) in [5.74, 6) is -0.243. The molecule has 1 N–H and O–H groups in total. The van der Waals surface area contributed by atoms with E-state index in [1.165, 1.54) is 28.6 Å². The smallest absolute Gasteiger partial charge is 0.301 e. The van der Waals surface area contributed by atoms with Gasteiger partial charge in [-0.05, 0) is 61.9 Å². The van der Waals surface area contributed by atoms with Crippen molar-refractivity contribution in [3.05, 3.63) is 77.6 Å². The standard InChI is InChI=1S/C28H25N3O6S/c1-4-36-20-9-6-17(14-21(20)37-5-2)24-23(25(32)16-10-12-29-13-11-16)26(33)27(34)31(24)28-30-19-8-7-18(35-3)15-22(19)38-28/h6-15,24,32H,4-5H2,1-3H3/b25-23+. The number of aliphatic hydroxyl groups excluding tert-OH is 1. The van der Waals surface area contributed by atoms with E-state index < -0.39 is 17.7 Å². The third-order valence-corrected chi connectivity index (χ3v) is 7.09. The lowest BCUT2D eigenvalue weighted by Gasteiger charge is -2.24. The normalized spacial score (nSPS) is 16.7. The molecule has 0 aliphatic carbocycles. The number of hydrogen-bond acceptors (Lipinski definition) is 9. The Morgan fingerprint density at radius 1 is 1.00 bits per heavy atom. The summed E-state index contributed by atoms with van der Waals surface area (Å²) in [6.45, 7) is 4.55. The van der Waals surface area contributed by atoms with Crippen LogP contribution in [0.3, 0.4) is 0 Å². The van der Waals surface area contributed by atoms with E-state index in [4.69, 9.17) is 14.2 Å². The second-order valence-corrected chi connectivity index (χ2v) is 9.32. The molecule has 0 saturated carbocycles. The lowest BCUT2D eigenvalue weighted by Crippen LogP contribution is -2.29. The number of aromatic nitrogens is 2. The number of aliphatic hydroxyl groups is 1. The number of carbonyl (C=O) groups is 2. The second-order valence-electron chi connectivity index (χ2n) is 8.31. The first-order valence-electron chi connectivity index (χ1n) is 12.0. The molecule has 194 valence electrons. The quantitative estimate of drug-likeness (QED) is 0.189. The molecule has 1 amide bonds. The molecule has 0 bridgehead atoms. The molecule has 1 saturated heterocycles. The first-order valence-corrected chi connectivity index (χ1v) is 12.8. The summed E-state index contributed by atoms with van der Waals surface area (Å²) in [6.07, 6.45) is 3.01. The number of ketones is 1. The first kappa shape index (κ1) is 25.2. The Morgan fingerprint density at radius 3 is 2.45 bits per heavy atom. The zero-order chi connectivity index (χ0) is 26.8. The average Bonchev–Trinajstić information content (AvgIpc) is 3.47. The monoisotopic (exact) mass is 531 g/mol. The van der Waals surface area contributed by atoms with Crippen LogP contribution in [0.25, 0.3) is 16.0 Å². The van der Waals surface area contributed by atoms with Crippen molar-refractivity contribution < 1.29 is 28.9 Å². The summed E-state index contributed by atoms with van der Waals surface area (Å²) in [5, 5.41) is 11.6. The zero-order valence-electron chi connectivity index (χ0n) is 21.0. The maximum atomic E-state index is 13.5. The van der Waals surface area contributed by atoms with Crippen LogP contribution in [0.2, 0.25) is 0 Å². The van der Waals surface area contributed by atoms with Crippen LogP contribution in [-0.2, 0) is 9.59 Å². The molecule has 10 heteroatoms. The minimum absolute atomic E-state index is 0.0513. The molecule has 1 aliphatic rings. The van der Waals surface area contributed by atoms with E-state index in [2.05, 4.69) is 9.97 Å². The van der Waals surface area contributed by atoms with Gasteiger partial charge in [-0.2, -0.15) is 0 Å². The van der Waals surface area contributed by atoms with E-state index in [0.29, 0.717) is 52.2 Å². The van der Waals surface area contributed by atoms with Gasteiger partial charge in [-0.1, -0.05) is 17.4 Å². The van der Waals surface area contributed by atoms with Crippen LogP contribution in [0, 0.1) is 0 Å². The summed E-state index contributed by atoms with van der Waals surface area (Å²) in [7, 11) is 1.57. The number of rotatable bonds is 8. The topological polar surface area (TPSA) is 111 Å². The van der Waals surface area contributed by atoms with Crippen LogP contribution in [0.15, 0.2) is 66.5 Å². The van der Waals surface area contributed by atoms with Crippen molar-refractivity contribution in [2.45, 2.75) is 19.9 Å². The van der Waals surface area contributed by atoms with Crippen LogP contribution >= 0.6 is 11.3 Å². The summed E-state index contributed by atoms with van der Waals surface area (Å²) in [4.78, 5) is 36.9. The fraction of sp³-hybridized carbons (Fsp3) is 0.214. The van der Waals surface area contributed by atoms with Crippen molar-refractivity contribution in [3.8, 4) is 17.2 Å². The number of nitrogens with zero attached hydrogens (tertiary/aromatic N) is 3. The number of Topliss-reactive ketones (excluding diaryl/α,β-unsaturated/α-hetero) is 1. The van der Waals surface area contributed by atoms with Gasteiger partial charge < -0.3 is 19.3 Å². The summed E-state index contributed by atoms with van der Waals surface area (Å²) in [6, 6.07) is 12.8. The van der Waals surface area contributed by atoms with Crippen molar-refractivity contribution >= 4 is 44.1 Å². The van der Waals surface area contributed by atoms with Crippen molar-refractivity contribution in [1.29, 1.82) is 0 Å². The molecule has 38 heavy (non-hydrogen) atoms. The third kappa shape index (κ3) is 4.43. The molecule has 9 nitrogen and oxygen atoms in total. The van der Waals surface area contributed by atoms with Crippen molar-refractivity contribution in [2.24, 2.45) is 0 Å². The number of pyridine rings is 1. The Labute approximate surface area is 222 Å². The lowest BCUT2D eigenvalue weighted by atomic mass is 9.95. The third-order valence-electron chi connectivity index (χ3n) is 6.07. The molecule has 1 fully saturated rings. The Kier molecular flexibility index (Phi) is 6.97. The average molecular weight is 532 g/mol. The predicted octanol–water partition coefficient (Wildman–Crippen LogP) is 5.12. The molecule has 1 unspecified atom stereocenters. The van der Waals surface area contributed by atoms with Gasteiger partial charge in [0.25, 0.3) is 5.78 Å². The molecule has 0 radical (unpaired) electrons. The second kappa shape index (κ2) is 10.5. The number of hydrogen-bond donors (Lipinski definition) is 1. The minimum Gasteiger partial charge on any atom is -0.507 e. The number of thiazole rings is 1. The molecule has 0 spiro atoms. The Balaban J connectivity index is 1.72. The van der Waals surface area contributed by atoms with E-state index in [1.807, 2.05) is 19.9 Å². The van der Waals surface area contributed by atoms with Gasteiger partial charge in [0, 0.05) is 18.0 Å².